The van der Waals surface area contributed by atoms with Crippen LogP contribution in [0.5, 0.6) is 0 Å². The van der Waals surface area contributed by atoms with Gasteiger partial charge in [0.2, 0.25) is 11.8 Å². The van der Waals surface area contributed by atoms with Gasteiger partial charge in [0.1, 0.15) is 18.4 Å². The highest BCUT2D eigenvalue weighted by Crippen LogP contribution is 2.26. The van der Waals surface area contributed by atoms with Gasteiger partial charge in [0, 0.05) is 19.0 Å². The molecule has 0 aliphatic heterocycles. The van der Waals surface area contributed by atoms with E-state index in [1.54, 1.807) is 12.1 Å². The average molecular weight is 642 g/mol. The lowest BCUT2D eigenvalue weighted by molar-refractivity contribution is -0.140. The highest BCUT2D eigenvalue weighted by molar-refractivity contribution is 7.92. The Morgan fingerprint density at radius 2 is 1.39 bits per heavy atom. The van der Waals surface area contributed by atoms with Crippen molar-refractivity contribution in [1.82, 2.24) is 10.2 Å². The fraction of sp³-hybridized carbons (Fsp3) is 0.297. The number of amides is 2. The summed E-state index contributed by atoms with van der Waals surface area (Å²) in [5, 5.41) is 3.21. The Balaban J connectivity index is 1.54. The smallest absolute Gasteiger partial charge is 0.264 e. The molecule has 4 aromatic carbocycles. The summed E-state index contributed by atoms with van der Waals surface area (Å²) in [6.07, 6.45) is 5.20. The molecule has 1 N–H and O–H groups in total. The van der Waals surface area contributed by atoms with Crippen LogP contribution < -0.4 is 9.62 Å². The number of carbonyl (C=O) groups is 2. The SMILES string of the molecule is Cc1ccc(S(=O)(=O)N(CC(=O)N(Cc2ccccc2)C(Cc2ccccc2)C(=O)NC2CCCCC2)c2ccc(F)cc2)cc1. The number of hydrogen-bond donors (Lipinski definition) is 1. The molecule has 46 heavy (non-hydrogen) atoms. The zero-order chi connectivity index (χ0) is 32.5. The molecule has 0 saturated heterocycles. The lowest BCUT2D eigenvalue weighted by atomic mass is 9.94. The van der Waals surface area contributed by atoms with Gasteiger partial charge >= 0.3 is 0 Å². The van der Waals surface area contributed by atoms with Crippen molar-refractivity contribution in [1.29, 1.82) is 0 Å². The summed E-state index contributed by atoms with van der Waals surface area (Å²) in [6.45, 7) is 1.36. The van der Waals surface area contributed by atoms with Crippen LogP contribution in [0.15, 0.2) is 114 Å². The number of rotatable bonds is 12. The largest absolute Gasteiger partial charge is 0.352 e. The van der Waals surface area contributed by atoms with Crippen molar-refractivity contribution >= 4 is 27.5 Å². The van der Waals surface area contributed by atoms with Crippen molar-refractivity contribution in [3.8, 4) is 0 Å². The van der Waals surface area contributed by atoms with Gasteiger partial charge in [-0.05, 0) is 67.3 Å². The van der Waals surface area contributed by atoms with Gasteiger partial charge in [0.05, 0.1) is 10.6 Å². The second-order valence-electron chi connectivity index (χ2n) is 11.9. The maximum absolute atomic E-state index is 14.5. The van der Waals surface area contributed by atoms with Crippen LogP contribution in [0.3, 0.4) is 0 Å². The van der Waals surface area contributed by atoms with Crippen LogP contribution in [-0.2, 0) is 32.6 Å². The average Bonchev–Trinajstić information content (AvgIpc) is 3.07. The lowest BCUT2D eigenvalue weighted by Crippen LogP contribution is -2.55. The number of halogens is 1. The first kappa shape index (κ1) is 32.9. The second kappa shape index (κ2) is 15.2. The van der Waals surface area contributed by atoms with E-state index in [1.807, 2.05) is 67.6 Å². The first-order chi connectivity index (χ1) is 22.2. The van der Waals surface area contributed by atoms with E-state index in [2.05, 4.69) is 5.32 Å². The Kier molecular flexibility index (Phi) is 10.9. The number of benzene rings is 4. The third-order valence-electron chi connectivity index (χ3n) is 8.42. The number of anilines is 1. The highest BCUT2D eigenvalue weighted by Gasteiger charge is 2.35. The van der Waals surface area contributed by atoms with E-state index in [0.717, 1.165) is 65.2 Å². The molecule has 0 heterocycles. The monoisotopic (exact) mass is 641 g/mol. The molecule has 1 atom stereocenters. The molecular formula is C37H40FN3O4S. The number of nitrogens with one attached hydrogen (secondary N) is 1. The summed E-state index contributed by atoms with van der Waals surface area (Å²) in [6, 6.07) is 29.3. The number of nitrogens with zero attached hydrogens (tertiary/aromatic N) is 2. The van der Waals surface area contributed by atoms with Crippen molar-refractivity contribution in [3.05, 3.63) is 132 Å². The predicted octanol–water partition coefficient (Wildman–Crippen LogP) is 6.42. The molecule has 0 bridgehead atoms. The Bertz CT molecular complexity index is 1690. The molecule has 1 aliphatic carbocycles. The van der Waals surface area contributed by atoms with Crippen molar-refractivity contribution in [2.75, 3.05) is 10.8 Å². The van der Waals surface area contributed by atoms with Gasteiger partial charge < -0.3 is 10.2 Å². The van der Waals surface area contributed by atoms with E-state index in [0.29, 0.717) is 0 Å². The predicted molar refractivity (Wildman–Crippen MR) is 178 cm³/mol. The number of sulfonamides is 1. The Labute approximate surface area is 271 Å². The van der Waals surface area contributed by atoms with Crippen molar-refractivity contribution in [2.24, 2.45) is 0 Å². The number of carbonyl (C=O) groups excluding carboxylic acids is 2. The van der Waals surface area contributed by atoms with E-state index in [-0.39, 0.29) is 35.5 Å². The molecule has 0 spiro atoms. The Hall–Kier alpha value is -4.50. The van der Waals surface area contributed by atoms with Crippen LogP contribution in [0.25, 0.3) is 0 Å². The minimum Gasteiger partial charge on any atom is -0.352 e. The van der Waals surface area contributed by atoms with E-state index >= 15 is 0 Å². The topological polar surface area (TPSA) is 86.8 Å². The van der Waals surface area contributed by atoms with Crippen molar-refractivity contribution < 1.29 is 22.4 Å². The molecule has 1 unspecified atom stereocenters. The fourth-order valence-electron chi connectivity index (χ4n) is 5.85. The van der Waals surface area contributed by atoms with Crippen molar-refractivity contribution in [2.45, 2.75) is 69.0 Å². The molecule has 0 radical (unpaired) electrons. The normalized spacial score (nSPS) is 14.3. The zero-order valence-corrected chi connectivity index (χ0v) is 26.8. The molecule has 240 valence electrons. The molecule has 9 heteroatoms. The Morgan fingerprint density at radius 1 is 0.804 bits per heavy atom. The van der Waals surface area contributed by atoms with E-state index < -0.39 is 34.3 Å². The van der Waals surface area contributed by atoms with Gasteiger partial charge in [-0.2, -0.15) is 0 Å². The maximum atomic E-state index is 14.5. The van der Waals surface area contributed by atoms with Crippen LogP contribution in [0.1, 0.15) is 48.8 Å². The molecule has 7 nitrogen and oxygen atoms in total. The molecule has 4 aromatic rings. The minimum absolute atomic E-state index is 0.000659. The zero-order valence-electron chi connectivity index (χ0n) is 26.0. The van der Waals surface area contributed by atoms with Gasteiger partial charge in [-0.3, -0.25) is 13.9 Å². The third-order valence-corrected chi connectivity index (χ3v) is 10.2. The number of aryl methyl sites for hydroxylation is 1. The molecule has 1 aliphatic rings. The molecule has 0 aromatic heterocycles. The van der Waals surface area contributed by atoms with Crippen molar-refractivity contribution in [3.63, 3.8) is 0 Å². The first-order valence-corrected chi connectivity index (χ1v) is 17.2. The van der Waals surface area contributed by atoms with Gasteiger partial charge in [-0.25, -0.2) is 12.8 Å². The van der Waals surface area contributed by atoms with Crippen LogP contribution in [0.4, 0.5) is 10.1 Å². The molecular weight excluding hydrogens is 601 g/mol. The second-order valence-corrected chi connectivity index (χ2v) is 13.7. The minimum atomic E-state index is -4.25. The Morgan fingerprint density at radius 3 is 2.00 bits per heavy atom. The van der Waals surface area contributed by atoms with E-state index in [1.165, 1.54) is 29.2 Å². The van der Waals surface area contributed by atoms with Gasteiger partial charge in [0.15, 0.2) is 0 Å². The lowest BCUT2D eigenvalue weighted by Gasteiger charge is -2.35. The first-order valence-electron chi connectivity index (χ1n) is 15.7. The molecule has 5 rings (SSSR count). The molecule has 2 amide bonds. The summed E-state index contributed by atoms with van der Waals surface area (Å²) >= 11 is 0. The summed E-state index contributed by atoms with van der Waals surface area (Å²) in [7, 11) is -4.25. The summed E-state index contributed by atoms with van der Waals surface area (Å²) < 4.78 is 43.1. The van der Waals surface area contributed by atoms with Gasteiger partial charge in [-0.15, -0.1) is 0 Å². The fourth-order valence-corrected chi connectivity index (χ4v) is 7.27. The van der Waals surface area contributed by atoms with Crippen LogP contribution in [0.2, 0.25) is 0 Å². The maximum Gasteiger partial charge on any atom is 0.264 e. The van der Waals surface area contributed by atoms with Crippen LogP contribution >= 0.6 is 0 Å². The third kappa shape index (κ3) is 8.40. The van der Waals surface area contributed by atoms with Gasteiger partial charge in [-0.1, -0.05) is 97.6 Å². The summed E-state index contributed by atoms with van der Waals surface area (Å²) in [5.41, 5.74) is 2.69. The van der Waals surface area contributed by atoms with E-state index in [4.69, 9.17) is 0 Å². The summed E-state index contributed by atoms with van der Waals surface area (Å²) in [5.74, 6) is -1.35. The summed E-state index contributed by atoms with van der Waals surface area (Å²) in [4.78, 5) is 30.1. The highest BCUT2D eigenvalue weighted by atomic mass is 32.2. The standard InChI is InChI=1S/C37H40FN3O4S/c1-28-17-23-34(24-18-28)46(44,45)41(33-21-19-31(38)20-22-33)27-36(42)40(26-30-13-7-3-8-14-30)35(25-29-11-5-2-6-12-29)37(43)39-32-15-9-4-10-16-32/h2-3,5-8,11-14,17-24,32,35H,4,9-10,15-16,25-27H2,1H3,(H,39,43). The van der Waals surface area contributed by atoms with Crippen LogP contribution in [0, 0.1) is 12.7 Å². The quantitative estimate of drug-likeness (QED) is 0.194. The van der Waals surface area contributed by atoms with Gasteiger partial charge in [0.25, 0.3) is 10.0 Å². The van der Waals surface area contributed by atoms with Crippen LogP contribution in [-0.4, -0.2) is 43.8 Å². The molecule has 1 fully saturated rings. The molecule has 1 saturated carbocycles. The van der Waals surface area contributed by atoms with E-state index in [9.17, 15) is 22.4 Å². The number of hydrogen-bond acceptors (Lipinski definition) is 4.